The molecule has 6 nitrogen and oxygen atoms in total. The molecule has 1 aliphatic carbocycles. The lowest BCUT2D eigenvalue weighted by atomic mass is 9.72. The van der Waals surface area contributed by atoms with Gasteiger partial charge < -0.3 is 9.73 Å². The molecule has 1 aliphatic rings. The Labute approximate surface area is 231 Å². The largest absolute Gasteiger partial charge is 0.455 e. The third kappa shape index (κ3) is 4.55. The Morgan fingerprint density at radius 2 is 1.68 bits per heavy atom. The number of alkyl halides is 2. The lowest BCUT2D eigenvalue weighted by molar-refractivity contribution is -0.136. The Morgan fingerprint density at radius 3 is 2.34 bits per heavy atom. The van der Waals surface area contributed by atoms with Crippen LogP contribution in [0.1, 0.15) is 44.9 Å². The molecule has 0 bridgehead atoms. The summed E-state index contributed by atoms with van der Waals surface area (Å²) in [5.74, 6) is -4.65. The van der Waals surface area contributed by atoms with Gasteiger partial charge in [-0.3, -0.25) is 9.59 Å². The van der Waals surface area contributed by atoms with E-state index in [1.807, 2.05) is 0 Å². The fourth-order valence-electron chi connectivity index (χ4n) is 5.33. The van der Waals surface area contributed by atoms with E-state index in [1.165, 1.54) is 60.9 Å². The van der Waals surface area contributed by atoms with Crippen molar-refractivity contribution < 1.29 is 31.6 Å². The zero-order chi connectivity index (χ0) is 28.9. The molecule has 0 unspecified atom stereocenters. The highest BCUT2D eigenvalue weighted by Gasteiger charge is 2.60. The van der Waals surface area contributed by atoms with Crippen molar-refractivity contribution in [2.45, 2.75) is 31.2 Å². The molecule has 0 saturated heterocycles. The Hall–Kier alpha value is -4.86. The third-order valence-electron chi connectivity index (χ3n) is 7.31. The summed E-state index contributed by atoms with van der Waals surface area (Å²) < 4.78 is 63.2. The van der Waals surface area contributed by atoms with Gasteiger partial charge in [0.1, 0.15) is 28.5 Å². The van der Waals surface area contributed by atoms with Crippen LogP contribution in [0.3, 0.4) is 0 Å². The fourth-order valence-corrected chi connectivity index (χ4v) is 5.33. The zero-order valence-electron chi connectivity index (χ0n) is 21.6. The van der Waals surface area contributed by atoms with Crippen LogP contribution < -0.4 is 5.32 Å². The van der Waals surface area contributed by atoms with Gasteiger partial charge >= 0.3 is 0 Å². The highest BCUT2D eigenvalue weighted by atomic mass is 19.3. The second-order valence-electron chi connectivity index (χ2n) is 10.1. The Morgan fingerprint density at radius 1 is 0.976 bits per heavy atom. The third-order valence-corrected chi connectivity index (χ3v) is 7.31. The summed E-state index contributed by atoms with van der Waals surface area (Å²) in [5, 5.41) is 2.63. The molecule has 10 heteroatoms. The molecule has 0 spiro atoms. The predicted molar refractivity (Wildman–Crippen MR) is 142 cm³/mol. The quantitative estimate of drug-likeness (QED) is 0.179. The standard InChI is InChI=1S/C31H21F4N3O3/c1-17-3-4-19(28(40)38-30(15-31(34,35)16-30)29-36-11-2-12-37-29)13-22(17)21-9-10-24-25(26(21)33)23(14-39)27(41-24)18-5-7-20(32)8-6-18/h2-14H,15-16H2,1H3,(H,38,40). The predicted octanol–water partition coefficient (Wildman–Crippen LogP) is 7.01. The number of benzene rings is 3. The first kappa shape index (κ1) is 26.4. The molecular weight excluding hydrogens is 538 g/mol. The minimum atomic E-state index is -2.98. The van der Waals surface area contributed by atoms with Crippen LogP contribution in [0.2, 0.25) is 0 Å². The van der Waals surface area contributed by atoms with Crippen LogP contribution in [0, 0.1) is 18.6 Å². The number of halogens is 4. The second-order valence-corrected chi connectivity index (χ2v) is 10.1. The number of amides is 1. The maximum absolute atomic E-state index is 16.1. The van der Waals surface area contributed by atoms with Crippen molar-refractivity contribution in [3.63, 3.8) is 0 Å². The van der Waals surface area contributed by atoms with Gasteiger partial charge in [0.15, 0.2) is 12.1 Å². The summed E-state index contributed by atoms with van der Waals surface area (Å²) in [4.78, 5) is 33.6. The maximum atomic E-state index is 16.1. The van der Waals surface area contributed by atoms with E-state index in [4.69, 9.17) is 4.42 Å². The van der Waals surface area contributed by atoms with Crippen molar-refractivity contribution in [3.05, 3.63) is 107 Å². The summed E-state index contributed by atoms with van der Waals surface area (Å²) in [6, 6.07) is 14.4. The topological polar surface area (TPSA) is 85.1 Å². The van der Waals surface area contributed by atoms with Crippen molar-refractivity contribution in [2.24, 2.45) is 0 Å². The molecule has 1 fully saturated rings. The van der Waals surface area contributed by atoms with E-state index in [1.54, 1.807) is 19.1 Å². The Kier molecular flexibility index (Phi) is 6.21. The van der Waals surface area contributed by atoms with Crippen molar-refractivity contribution >= 4 is 23.2 Å². The molecule has 206 valence electrons. The number of hydrogen-bond donors (Lipinski definition) is 1. The van der Waals surface area contributed by atoms with Crippen LogP contribution in [-0.2, 0) is 5.54 Å². The molecule has 41 heavy (non-hydrogen) atoms. The van der Waals surface area contributed by atoms with Gasteiger partial charge in [-0.25, -0.2) is 27.5 Å². The summed E-state index contributed by atoms with van der Waals surface area (Å²) in [6.07, 6.45) is 2.02. The van der Waals surface area contributed by atoms with Crippen LogP contribution in [0.25, 0.3) is 33.4 Å². The minimum absolute atomic E-state index is 0.0341. The molecule has 1 N–H and O–H groups in total. The molecule has 0 aliphatic heterocycles. The number of nitrogens with zero attached hydrogens (tertiary/aromatic N) is 2. The van der Waals surface area contributed by atoms with Gasteiger partial charge in [0.25, 0.3) is 11.8 Å². The van der Waals surface area contributed by atoms with E-state index in [2.05, 4.69) is 15.3 Å². The number of nitrogens with one attached hydrogen (secondary N) is 1. The van der Waals surface area contributed by atoms with Crippen molar-refractivity contribution in [3.8, 4) is 22.5 Å². The zero-order valence-corrected chi connectivity index (χ0v) is 21.6. The van der Waals surface area contributed by atoms with Gasteiger partial charge in [-0.2, -0.15) is 0 Å². The van der Waals surface area contributed by atoms with Gasteiger partial charge in [0, 0.05) is 41.9 Å². The lowest BCUT2D eigenvalue weighted by Crippen LogP contribution is -2.60. The van der Waals surface area contributed by atoms with E-state index >= 15 is 4.39 Å². The number of aromatic nitrogens is 2. The van der Waals surface area contributed by atoms with Crippen LogP contribution >= 0.6 is 0 Å². The molecule has 5 aromatic rings. The highest BCUT2D eigenvalue weighted by Crippen LogP contribution is 2.50. The molecule has 3 aromatic carbocycles. The van der Waals surface area contributed by atoms with Crippen LogP contribution in [-0.4, -0.2) is 28.1 Å². The number of rotatable bonds is 6. The SMILES string of the molecule is Cc1ccc(C(=O)NC2(c3ncccn3)CC(F)(F)C2)cc1-c1ccc2oc(-c3ccc(F)cc3)c(C=O)c2c1F. The van der Waals surface area contributed by atoms with Crippen molar-refractivity contribution in [1.29, 1.82) is 0 Å². The minimum Gasteiger partial charge on any atom is -0.455 e. The normalized spacial score (nSPS) is 15.3. The average Bonchev–Trinajstić information content (AvgIpc) is 3.33. The van der Waals surface area contributed by atoms with Crippen molar-refractivity contribution in [2.75, 3.05) is 0 Å². The number of hydrogen-bond acceptors (Lipinski definition) is 5. The molecule has 1 amide bonds. The van der Waals surface area contributed by atoms with Crippen LogP contribution in [0.5, 0.6) is 0 Å². The molecule has 6 rings (SSSR count). The first-order valence-electron chi connectivity index (χ1n) is 12.7. The first-order chi connectivity index (χ1) is 19.6. The van der Waals surface area contributed by atoms with Crippen molar-refractivity contribution in [1.82, 2.24) is 15.3 Å². The highest BCUT2D eigenvalue weighted by molar-refractivity contribution is 6.04. The number of carbonyl (C=O) groups excluding carboxylic acids is 2. The van der Waals surface area contributed by atoms with Gasteiger partial charge in [-0.15, -0.1) is 0 Å². The summed E-state index contributed by atoms with van der Waals surface area (Å²) in [5.41, 5.74) is 0.263. The molecule has 0 radical (unpaired) electrons. The second kappa shape index (κ2) is 9.65. The summed E-state index contributed by atoms with van der Waals surface area (Å²) in [6.45, 7) is 1.73. The number of aryl methyl sites for hydroxylation is 1. The fraction of sp³-hybridized carbons (Fsp3) is 0.161. The van der Waals surface area contributed by atoms with E-state index in [0.717, 1.165) is 0 Å². The van der Waals surface area contributed by atoms with Gasteiger partial charge in [0.05, 0.1) is 10.9 Å². The summed E-state index contributed by atoms with van der Waals surface area (Å²) >= 11 is 0. The molecule has 2 aromatic heterocycles. The van der Waals surface area contributed by atoms with Crippen LogP contribution in [0.15, 0.2) is 77.5 Å². The number of aldehydes is 1. The first-order valence-corrected chi connectivity index (χ1v) is 12.7. The molecule has 1 saturated carbocycles. The summed E-state index contributed by atoms with van der Waals surface area (Å²) in [7, 11) is 0. The number of furan rings is 1. The Balaban J connectivity index is 1.39. The van der Waals surface area contributed by atoms with Gasteiger partial charge in [-0.05, 0) is 72.6 Å². The van der Waals surface area contributed by atoms with Gasteiger partial charge in [-0.1, -0.05) is 6.07 Å². The van der Waals surface area contributed by atoms with Gasteiger partial charge in [0.2, 0.25) is 0 Å². The Bertz CT molecular complexity index is 1810. The lowest BCUT2D eigenvalue weighted by Gasteiger charge is -2.46. The monoisotopic (exact) mass is 559 g/mol. The van der Waals surface area contributed by atoms with E-state index in [0.29, 0.717) is 23.0 Å². The maximum Gasteiger partial charge on any atom is 0.253 e. The number of carbonyl (C=O) groups is 2. The molecular formula is C31H21F4N3O3. The van der Waals surface area contributed by atoms with E-state index in [9.17, 15) is 22.8 Å². The average molecular weight is 560 g/mol. The van der Waals surface area contributed by atoms with E-state index in [-0.39, 0.29) is 39.2 Å². The molecule has 2 heterocycles. The smallest absolute Gasteiger partial charge is 0.253 e. The number of fused-ring (bicyclic) bond motifs is 1. The van der Waals surface area contributed by atoms with E-state index < -0.39 is 41.8 Å². The van der Waals surface area contributed by atoms with Crippen LogP contribution in [0.4, 0.5) is 17.6 Å². The molecule has 0 atom stereocenters.